The Morgan fingerprint density at radius 3 is 2.02 bits per heavy atom. The quantitative estimate of drug-likeness (QED) is 0.176. The molecule has 57 heavy (non-hydrogen) atoms. The van der Waals surface area contributed by atoms with Crippen molar-refractivity contribution in [1.29, 1.82) is 0 Å². The van der Waals surface area contributed by atoms with Crippen LogP contribution >= 0.6 is 0 Å². The van der Waals surface area contributed by atoms with Crippen LogP contribution in [0.15, 0.2) is 191 Å². The van der Waals surface area contributed by atoms with Crippen molar-refractivity contribution in [3.05, 3.63) is 182 Å². The van der Waals surface area contributed by atoms with Gasteiger partial charge in [0.1, 0.15) is 16.7 Å². The molecule has 0 aliphatic carbocycles. The maximum Gasteiger partial charge on any atom is 0.164 e. The highest BCUT2D eigenvalue weighted by Crippen LogP contribution is 2.41. The van der Waals surface area contributed by atoms with Crippen molar-refractivity contribution in [2.45, 2.75) is 0 Å². The molecule has 0 N–H and O–H groups in total. The first-order valence-electron chi connectivity index (χ1n) is 24.0. The second-order valence-corrected chi connectivity index (χ2v) is 13.5. The molecule has 12 rings (SSSR count). The minimum atomic E-state index is -0.625. The van der Waals surface area contributed by atoms with E-state index in [4.69, 9.17) is 37.5 Å². The fraction of sp³-hybridized carbons (Fsp3) is 0. The molecule has 0 spiro atoms. The number of benzene rings is 8. The van der Waals surface area contributed by atoms with E-state index in [9.17, 15) is 2.74 Å². The molecule has 0 bridgehead atoms. The summed E-state index contributed by atoms with van der Waals surface area (Å²) in [7, 11) is 0. The third kappa shape index (κ3) is 4.94. The van der Waals surface area contributed by atoms with Gasteiger partial charge in [-0.2, -0.15) is 0 Å². The summed E-state index contributed by atoms with van der Waals surface area (Å²) in [5.41, 5.74) is 3.62. The Balaban J connectivity index is 1.14. The van der Waals surface area contributed by atoms with Gasteiger partial charge < -0.3 is 13.4 Å². The number of hydrogen-bond donors (Lipinski definition) is 0. The van der Waals surface area contributed by atoms with Crippen molar-refractivity contribution in [1.82, 2.24) is 19.5 Å². The summed E-state index contributed by atoms with van der Waals surface area (Å²) in [6, 6.07) is 27.3. The maximum absolute atomic E-state index is 9.44. The fourth-order valence-corrected chi connectivity index (χ4v) is 7.64. The molecule has 0 fully saturated rings. The van der Waals surface area contributed by atoms with Gasteiger partial charge in [-0.05, 0) is 59.6 Å². The van der Waals surface area contributed by atoms with Crippen LogP contribution in [0.25, 0.3) is 117 Å². The predicted molar refractivity (Wildman–Crippen MR) is 230 cm³/mol. The highest BCUT2D eigenvalue weighted by atomic mass is 16.3. The molecule has 8 aromatic carbocycles. The molecule has 0 saturated carbocycles. The van der Waals surface area contributed by atoms with Crippen LogP contribution in [0.5, 0.6) is 0 Å². The van der Waals surface area contributed by atoms with E-state index in [0.717, 1.165) is 21.9 Å². The number of hydrogen-bond acceptors (Lipinski definition) is 5. The Morgan fingerprint density at radius 1 is 0.421 bits per heavy atom. The average molecular weight is 743 g/mol. The van der Waals surface area contributed by atoms with Gasteiger partial charge in [0.2, 0.25) is 0 Å². The first-order chi connectivity index (χ1) is 33.2. The predicted octanol–water partition coefficient (Wildman–Crippen LogP) is 13.4. The number of aromatic nitrogens is 4. The van der Waals surface area contributed by atoms with Gasteiger partial charge in [-0.25, -0.2) is 15.0 Å². The van der Waals surface area contributed by atoms with E-state index in [-0.39, 0.29) is 78.5 Å². The zero-order valence-corrected chi connectivity index (χ0v) is 29.5. The first kappa shape index (κ1) is 21.9. The van der Waals surface area contributed by atoms with E-state index in [0.29, 0.717) is 22.3 Å². The normalized spacial score (nSPS) is 14.8. The minimum absolute atomic E-state index is 0.0230. The summed E-state index contributed by atoms with van der Waals surface area (Å²) >= 11 is 0. The SMILES string of the molecule is [2H]c1cc2c(oc3c([2H])c([2H])c([2H])c(-c4nc(-c5ccccc5)nc(-c5ccc6c(c5)oc5ccc(-c7ccccc7)cc56)n4)c32)c(-n2c3cc([2H])c([2H])c([2H])c3c3c([2H])c([2H])c([2H])c([2H])c32)c1[2H]. The van der Waals surface area contributed by atoms with Crippen molar-refractivity contribution in [2.24, 2.45) is 0 Å². The molecule has 0 aliphatic heterocycles. The van der Waals surface area contributed by atoms with Crippen LogP contribution in [-0.4, -0.2) is 19.5 Å². The molecule has 266 valence electrons. The molecule has 0 unspecified atom stereocenters. The standard InChI is InChI=1S/C51H30N4O2/c1-3-13-31(14-4-1)33-26-28-44-40(29-33)37-27-25-34(30-46(37)56-44)50-52-49(32-15-5-2-6-16-32)53-51(54-50)39-20-12-24-45-47(39)38-19-11-23-43(48(38)57-45)55-41-21-9-7-17-35(41)36-18-8-10-22-42(36)55/h1-30H/i7D,8D,9D,10D,11D,12D,17D,18D,20D,21D,23D,24D. The van der Waals surface area contributed by atoms with Gasteiger partial charge in [0, 0.05) is 49.0 Å². The van der Waals surface area contributed by atoms with Crippen LogP contribution in [-0.2, 0) is 0 Å². The summed E-state index contributed by atoms with van der Waals surface area (Å²) in [6.45, 7) is 0. The van der Waals surface area contributed by atoms with E-state index >= 15 is 0 Å². The lowest BCUT2D eigenvalue weighted by atomic mass is 10.0. The zero-order valence-electron chi connectivity index (χ0n) is 41.5. The summed E-state index contributed by atoms with van der Waals surface area (Å²) in [5, 5.41) is 1.71. The summed E-state index contributed by atoms with van der Waals surface area (Å²) in [5.74, 6) is 0.335. The third-order valence-electron chi connectivity index (χ3n) is 10.2. The first-order valence-corrected chi connectivity index (χ1v) is 18.0. The molecule has 4 aromatic heterocycles. The van der Waals surface area contributed by atoms with Crippen molar-refractivity contribution < 1.29 is 25.3 Å². The van der Waals surface area contributed by atoms with Gasteiger partial charge in [0.15, 0.2) is 23.1 Å². The van der Waals surface area contributed by atoms with Gasteiger partial charge in [-0.3, -0.25) is 0 Å². The molecule has 4 heterocycles. The van der Waals surface area contributed by atoms with Gasteiger partial charge in [-0.15, -0.1) is 0 Å². The molecule has 0 radical (unpaired) electrons. The molecule has 0 amide bonds. The Bertz CT molecular complexity index is 4230. The smallest absolute Gasteiger partial charge is 0.164 e. The largest absolute Gasteiger partial charge is 0.456 e. The average Bonchev–Trinajstić information content (AvgIpc) is 4.04. The molecule has 6 heteroatoms. The van der Waals surface area contributed by atoms with Crippen molar-refractivity contribution in [3.63, 3.8) is 0 Å². The summed E-state index contributed by atoms with van der Waals surface area (Å²) in [4.78, 5) is 14.7. The summed E-state index contributed by atoms with van der Waals surface area (Å²) in [6.07, 6.45) is 0. The highest BCUT2D eigenvalue weighted by molar-refractivity contribution is 6.16. The number of rotatable bonds is 5. The van der Waals surface area contributed by atoms with Crippen LogP contribution in [0.4, 0.5) is 0 Å². The molecule has 0 saturated heterocycles. The van der Waals surface area contributed by atoms with Crippen LogP contribution in [0, 0.1) is 0 Å². The lowest BCUT2D eigenvalue weighted by Gasteiger charge is -2.10. The Hall–Kier alpha value is -7.83. The molecular formula is C51H30N4O2. The summed E-state index contributed by atoms with van der Waals surface area (Å²) < 4.78 is 121. The molecule has 6 nitrogen and oxygen atoms in total. The molecule has 0 atom stereocenters. The second kappa shape index (κ2) is 12.3. The number of fused-ring (bicyclic) bond motifs is 9. The number of furan rings is 2. The maximum atomic E-state index is 9.44. The minimum Gasteiger partial charge on any atom is -0.456 e. The fourth-order valence-electron chi connectivity index (χ4n) is 7.64. The molecule has 12 aromatic rings. The Labute approximate surface area is 342 Å². The van der Waals surface area contributed by atoms with Crippen LogP contribution < -0.4 is 0 Å². The molecule has 0 aliphatic rings. The van der Waals surface area contributed by atoms with Gasteiger partial charge in [0.05, 0.1) is 33.2 Å². The van der Waals surface area contributed by atoms with E-state index in [1.54, 1.807) is 0 Å². The van der Waals surface area contributed by atoms with Gasteiger partial charge in [-0.1, -0.05) is 133 Å². The topological polar surface area (TPSA) is 69.9 Å². The van der Waals surface area contributed by atoms with Crippen LogP contribution in [0.3, 0.4) is 0 Å². The van der Waals surface area contributed by atoms with Crippen molar-refractivity contribution >= 4 is 65.7 Å². The van der Waals surface area contributed by atoms with E-state index < -0.39 is 66.5 Å². The van der Waals surface area contributed by atoms with E-state index in [1.165, 1.54) is 16.7 Å². The van der Waals surface area contributed by atoms with Gasteiger partial charge in [0.25, 0.3) is 0 Å². The number of nitrogens with zero attached hydrogens (tertiary/aromatic N) is 4. The molecular weight excluding hydrogens is 701 g/mol. The van der Waals surface area contributed by atoms with Crippen molar-refractivity contribution in [3.8, 4) is 51.0 Å². The third-order valence-corrected chi connectivity index (χ3v) is 10.2. The second-order valence-electron chi connectivity index (χ2n) is 13.5. The van der Waals surface area contributed by atoms with Crippen molar-refractivity contribution in [2.75, 3.05) is 0 Å². The van der Waals surface area contributed by atoms with Crippen LogP contribution in [0.1, 0.15) is 16.4 Å². The van der Waals surface area contributed by atoms with E-state index in [2.05, 4.69) is 6.07 Å². The lowest BCUT2D eigenvalue weighted by molar-refractivity contribution is 0.666. The zero-order chi connectivity index (χ0) is 47.9. The Kier molecular flexibility index (Phi) is 4.74. The van der Waals surface area contributed by atoms with Crippen LogP contribution in [0.2, 0.25) is 0 Å². The Morgan fingerprint density at radius 2 is 1.16 bits per heavy atom. The van der Waals surface area contributed by atoms with Gasteiger partial charge >= 0.3 is 0 Å². The monoisotopic (exact) mass is 742 g/mol. The number of para-hydroxylation sites is 3. The highest BCUT2D eigenvalue weighted by Gasteiger charge is 2.22. The lowest BCUT2D eigenvalue weighted by Crippen LogP contribution is -2.00. The van der Waals surface area contributed by atoms with E-state index in [1.807, 2.05) is 91.0 Å².